The van der Waals surface area contributed by atoms with Gasteiger partial charge in [0.05, 0.1) is 18.7 Å². The Kier molecular flexibility index (Phi) is 5.97. The van der Waals surface area contributed by atoms with Crippen LogP contribution in [0.15, 0.2) is 41.5 Å². The van der Waals surface area contributed by atoms with Gasteiger partial charge in [-0.2, -0.15) is 0 Å². The number of nitrogens with zero attached hydrogens (tertiary/aromatic N) is 2. The van der Waals surface area contributed by atoms with E-state index in [2.05, 4.69) is 38.8 Å². The van der Waals surface area contributed by atoms with E-state index in [-0.39, 0.29) is 0 Å². The molecule has 5 nitrogen and oxygen atoms in total. The third-order valence-electron chi connectivity index (χ3n) is 3.07. The van der Waals surface area contributed by atoms with Crippen LogP contribution in [0.2, 0.25) is 0 Å². The van der Waals surface area contributed by atoms with Gasteiger partial charge in [0, 0.05) is 31.8 Å². The first-order valence-corrected chi connectivity index (χ1v) is 7.19. The fourth-order valence-electron chi connectivity index (χ4n) is 2.07. The Morgan fingerprint density at radius 1 is 1.24 bits per heavy atom. The van der Waals surface area contributed by atoms with Crippen molar-refractivity contribution < 1.29 is 4.74 Å². The maximum atomic E-state index is 5.04. The number of methoxy groups -OCH3 is 1. The molecule has 2 rings (SSSR count). The lowest BCUT2D eigenvalue weighted by molar-refractivity contribution is 0.203. The lowest BCUT2D eigenvalue weighted by atomic mass is 10.1. The molecule has 0 amide bonds. The van der Waals surface area contributed by atoms with Crippen molar-refractivity contribution in [2.24, 2.45) is 4.99 Å². The van der Waals surface area contributed by atoms with Gasteiger partial charge in [-0.3, -0.25) is 4.98 Å². The second kappa shape index (κ2) is 8.21. The highest BCUT2D eigenvalue weighted by Gasteiger charge is 2.02. The molecule has 5 heteroatoms. The van der Waals surface area contributed by atoms with Gasteiger partial charge in [-0.1, -0.05) is 24.3 Å². The number of guanidine groups is 1. The Labute approximate surface area is 125 Å². The van der Waals surface area contributed by atoms with Crippen LogP contribution >= 0.6 is 0 Å². The maximum absolute atomic E-state index is 5.04. The van der Waals surface area contributed by atoms with Crippen LogP contribution in [0.3, 0.4) is 0 Å². The smallest absolute Gasteiger partial charge is 0.191 e. The number of para-hydroxylation sites is 1. The van der Waals surface area contributed by atoms with E-state index in [1.54, 1.807) is 7.11 Å². The number of pyridine rings is 1. The summed E-state index contributed by atoms with van der Waals surface area (Å²) in [4.78, 5) is 9.05. The summed E-state index contributed by atoms with van der Waals surface area (Å²) in [6, 6.07) is 10.2. The summed E-state index contributed by atoms with van der Waals surface area (Å²) < 4.78 is 5.04. The van der Waals surface area contributed by atoms with E-state index in [1.807, 2.05) is 25.3 Å². The lowest BCUT2D eigenvalue weighted by Gasteiger charge is -2.11. The molecule has 1 aromatic heterocycles. The molecule has 112 valence electrons. The lowest BCUT2D eigenvalue weighted by Crippen LogP contribution is -2.38. The van der Waals surface area contributed by atoms with Crippen LogP contribution in [0.5, 0.6) is 0 Å². The van der Waals surface area contributed by atoms with Crippen LogP contribution in [0.25, 0.3) is 10.9 Å². The second-order valence-electron chi connectivity index (χ2n) is 4.61. The fraction of sp³-hybridized carbons (Fsp3) is 0.375. The van der Waals surface area contributed by atoms with E-state index in [0.29, 0.717) is 13.2 Å². The Morgan fingerprint density at radius 3 is 2.90 bits per heavy atom. The van der Waals surface area contributed by atoms with Crippen molar-refractivity contribution in [1.29, 1.82) is 0 Å². The van der Waals surface area contributed by atoms with Gasteiger partial charge in [-0.25, -0.2) is 4.99 Å². The summed E-state index contributed by atoms with van der Waals surface area (Å²) in [5.74, 6) is 0.794. The highest BCUT2D eigenvalue weighted by atomic mass is 16.5. The van der Waals surface area contributed by atoms with Crippen LogP contribution in [-0.4, -0.2) is 37.7 Å². The highest BCUT2D eigenvalue weighted by Crippen LogP contribution is 2.16. The molecule has 0 atom stereocenters. The number of aromatic nitrogens is 1. The molecule has 2 N–H and O–H groups in total. The van der Waals surface area contributed by atoms with Crippen LogP contribution in [-0.2, 0) is 11.3 Å². The van der Waals surface area contributed by atoms with E-state index in [4.69, 9.17) is 4.74 Å². The molecule has 0 saturated heterocycles. The summed E-state index contributed by atoms with van der Waals surface area (Å²) in [5.41, 5.74) is 2.13. The zero-order chi connectivity index (χ0) is 14.9. The molecular weight excluding hydrogens is 264 g/mol. The predicted molar refractivity (Wildman–Crippen MR) is 86.4 cm³/mol. The fourth-order valence-corrected chi connectivity index (χ4v) is 2.07. The standard InChI is InChI=1S/C16H22N4O/c1-3-17-16(19-10-11-21-2)20-12-14-7-4-6-13-8-5-9-18-15(13)14/h4-9H,3,10-12H2,1-2H3,(H2,17,19,20). The van der Waals surface area contributed by atoms with Crippen LogP contribution in [0.1, 0.15) is 12.5 Å². The second-order valence-corrected chi connectivity index (χ2v) is 4.61. The molecule has 0 aliphatic rings. The van der Waals surface area contributed by atoms with Gasteiger partial charge in [-0.05, 0) is 18.6 Å². The van der Waals surface area contributed by atoms with Crippen molar-refractivity contribution in [3.8, 4) is 0 Å². The zero-order valence-electron chi connectivity index (χ0n) is 12.6. The van der Waals surface area contributed by atoms with Crippen LogP contribution in [0.4, 0.5) is 0 Å². The first kappa shape index (κ1) is 15.3. The minimum atomic E-state index is 0.594. The SMILES string of the molecule is CCNC(=NCc1cccc2cccnc12)NCCOC. The van der Waals surface area contributed by atoms with Gasteiger partial charge in [0.15, 0.2) is 5.96 Å². The van der Waals surface area contributed by atoms with Crippen LogP contribution < -0.4 is 10.6 Å². The first-order valence-electron chi connectivity index (χ1n) is 7.19. The minimum absolute atomic E-state index is 0.594. The van der Waals surface area contributed by atoms with Crippen molar-refractivity contribution in [2.75, 3.05) is 26.8 Å². The Hall–Kier alpha value is -2.14. The highest BCUT2D eigenvalue weighted by molar-refractivity contribution is 5.83. The van der Waals surface area contributed by atoms with Gasteiger partial charge in [0.1, 0.15) is 0 Å². The van der Waals surface area contributed by atoms with E-state index < -0.39 is 0 Å². The summed E-state index contributed by atoms with van der Waals surface area (Å²) in [6.07, 6.45) is 1.82. The van der Waals surface area contributed by atoms with Gasteiger partial charge in [0.25, 0.3) is 0 Å². The van der Waals surface area contributed by atoms with Gasteiger partial charge >= 0.3 is 0 Å². The molecule has 0 fully saturated rings. The molecule has 0 aliphatic carbocycles. The zero-order valence-corrected chi connectivity index (χ0v) is 12.6. The van der Waals surface area contributed by atoms with E-state index in [0.717, 1.165) is 35.5 Å². The number of fused-ring (bicyclic) bond motifs is 1. The minimum Gasteiger partial charge on any atom is -0.383 e. The molecular formula is C16H22N4O. The Bertz CT molecular complexity index is 592. The number of ether oxygens (including phenoxy) is 1. The van der Waals surface area contributed by atoms with Crippen molar-refractivity contribution in [2.45, 2.75) is 13.5 Å². The number of aliphatic imine (C=N–C) groups is 1. The molecule has 0 spiro atoms. The van der Waals surface area contributed by atoms with Gasteiger partial charge < -0.3 is 15.4 Å². The molecule has 2 aromatic rings. The molecule has 1 aromatic carbocycles. The van der Waals surface area contributed by atoms with Crippen molar-refractivity contribution in [1.82, 2.24) is 15.6 Å². The van der Waals surface area contributed by atoms with E-state index >= 15 is 0 Å². The third-order valence-corrected chi connectivity index (χ3v) is 3.07. The maximum Gasteiger partial charge on any atom is 0.191 e. The number of rotatable bonds is 6. The molecule has 21 heavy (non-hydrogen) atoms. The van der Waals surface area contributed by atoms with Crippen molar-refractivity contribution in [3.63, 3.8) is 0 Å². The van der Waals surface area contributed by atoms with E-state index in [1.165, 1.54) is 0 Å². The average Bonchev–Trinajstić information content (AvgIpc) is 2.53. The summed E-state index contributed by atoms with van der Waals surface area (Å²) >= 11 is 0. The Balaban J connectivity index is 2.11. The third kappa shape index (κ3) is 4.43. The molecule has 0 unspecified atom stereocenters. The van der Waals surface area contributed by atoms with Gasteiger partial charge in [-0.15, -0.1) is 0 Å². The number of hydrogen-bond donors (Lipinski definition) is 2. The topological polar surface area (TPSA) is 58.5 Å². The number of nitrogens with one attached hydrogen (secondary N) is 2. The summed E-state index contributed by atoms with van der Waals surface area (Å²) in [7, 11) is 1.69. The van der Waals surface area contributed by atoms with Crippen LogP contribution in [0, 0.1) is 0 Å². The summed E-state index contributed by atoms with van der Waals surface area (Å²) in [5, 5.41) is 7.60. The summed E-state index contributed by atoms with van der Waals surface area (Å²) in [6.45, 7) is 4.85. The van der Waals surface area contributed by atoms with Crippen molar-refractivity contribution in [3.05, 3.63) is 42.1 Å². The van der Waals surface area contributed by atoms with Gasteiger partial charge in [0.2, 0.25) is 0 Å². The average molecular weight is 286 g/mol. The first-order chi connectivity index (χ1) is 10.3. The molecule has 0 bridgehead atoms. The largest absolute Gasteiger partial charge is 0.383 e. The molecule has 0 aliphatic heterocycles. The Morgan fingerprint density at radius 2 is 2.10 bits per heavy atom. The number of hydrogen-bond acceptors (Lipinski definition) is 3. The molecule has 0 radical (unpaired) electrons. The van der Waals surface area contributed by atoms with E-state index in [9.17, 15) is 0 Å². The number of benzene rings is 1. The predicted octanol–water partition coefficient (Wildman–Crippen LogP) is 1.94. The molecule has 0 saturated carbocycles. The normalized spacial score (nSPS) is 11.6. The quantitative estimate of drug-likeness (QED) is 0.484. The monoisotopic (exact) mass is 286 g/mol. The van der Waals surface area contributed by atoms with Crippen molar-refractivity contribution >= 4 is 16.9 Å². The molecule has 1 heterocycles.